The fraction of sp³-hybridized carbons (Fsp3) is 0.235. The van der Waals surface area contributed by atoms with Crippen LogP contribution in [-0.2, 0) is 11.2 Å². The van der Waals surface area contributed by atoms with Crippen molar-refractivity contribution in [2.24, 2.45) is 4.99 Å². The molecular formula is C17H19N3O5. The second kappa shape index (κ2) is 8.53. The first-order chi connectivity index (χ1) is 12.0. The van der Waals surface area contributed by atoms with Crippen LogP contribution in [0.4, 0.5) is 0 Å². The quantitative estimate of drug-likeness (QED) is 0.629. The molecule has 0 aliphatic heterocycles. The van der Waals surface area contributed by atoms with Gasteiger partial charge in [-0.3, -0.25) is 4.99 Å². The van der Waals surface area contributed by atoms with E-state index in [9.17, 15) is 15.0 Å². The minimum atomic E-state index is -1.03. The standard InChI is InChI=1S/C17H19N3O5/c1-24-14-6-11(7-15(25-2)16(14)21)4-3-5-19-13(17(22)23)8-12-9-18-10-20-12/h3-7,9-10,13,21H,8H2,1-2H3,(H,18,20)(H,22,23)/b4-3+,19-5-. The van der Waals surface area contributed by atoms with E-state index >= 15 is 0 Å². The SMILES string of the molecule is COc1cc(/C=C/C=N\C(Cc2c[nH]cn2)C(=O)O)cc(OC)c1O. The predicted octanol–water partition coefficient (Wildman–Crippen LogP) is 1.91. The third-order valence-corrected chi connectivity index (χ3v) is 3.39. The molecule has 2 aromatic rings. The summed E-state index contributed by atoms with van der Waals surface area (Å²) in [6.07, 6.45) is 8.04. The van der Waals surface area contributed by atoms with Gasteiger partial charge in [0.15, 0.2) is 17.5 Å². The zero-order valence-electron chi connectivity index (χ0n) is 13.8. The Kier molecular flexibility index (Phi) is 6.16. The molecule has 0 fully saturated rings. The number of nitrogens with zero attached hydrogens (tertiary/aromatic N) is 2. The second-order valence-electron chi connectivity index (χ2n) is 5.05. The third-order valence-electron chi connectivity index (χ3n) is 3.39. The number of carbonyl (C=O) groups is 1. The number of H-pyrrole nitrogens is 1. The lowest BCUT2D eigenvalue weighted by atomic mass is 10.1. The maximum Gasteiger partial charge on any atom is 0.328 e. The number of aliphatic carboxylic acids is 1. The Morgan fingerprint density at radius 2 is 2.04 bits per heavy atom. The molecule has 0 amide bonds. The van der Waals surface area contributed by atoms with Gasteiger partial charge in [0.1, 0.15) is 0 Å². The van der Waals surface area contributed by atoms with Gasteiger partial charge in [0, 0.05) is 18.8 Å². The van der Waals surface area contributed by atoms with Crippen molar-refractivity contribution in [3.8, 4) is 17.2 Å². The Hall–Kier alpha value is -3.29. The van der Waals surface area contributed by atoms with E-state index in [-0.39, 0.29) is 23.7 Å². The molecule has 2 rings (SSSR count). The molecule has 1 aromatic carbocycles. The summed E-state index contributed by atoms with van der Waals surface area (Å²) in [5, 5.41) is 19.1. The van der Waals surface area contributed by atoms with Crippen LogP contribution in [0.15, 0.2) is 35.7 Å². The summed E-state index contributed by atoms with van der Waals surface area (Å²) in [6, 6.07) is 2.33. The highest BCUT2D eigenvalue weighted by Crippen LogP contribution is 2.37. The molecule has 0 saturated heterocycles. The van der Waals surface area contributed by atoms with E-state index in [0.717, 1.165) is 0 Å². The summed E-state index contributed by atoms with van der Waals surface area (Å²) in [4.78, 5) is 22.1. The van der Waals surface area contributed by atoms with Crippen molar-refractivity contribution in [3.05, 3.63) is 42.0 Å². The number of carboxylic acids is 1. The summed E-state index contributed by atoms with van der Waals surface area (Å²) >= 11 is 0. The first kappa shape index (κ1) is 18.1. The summed E-state index contributed by atoms with van der Waals surface area (Å²) in [5.41, 5.74) is 1.33. The number of aromatic nitrogens is 2. The van der Waals surface area contributed by atoms with Crippen LogP contribution in [0.3, 0.4) is 0 Å². The molecule has 0 radical (unpaired) electrons. The molecule has 0 saturated carbocycles. The molecule has 3 N–H and O–H groups in total. The molecule has 0 bridgehead atoms. The summed E-state index contributed by atoms with van der Waals surface area (Å²) in [7, 11) is 2.88. The minimum absolute atomic E-state index is 0.0826. The molecule has 1 heterocycles. The van der Waals surface area contributed by atoms with E-state index in [0.29, 0.717) is 11.3 Å². The lowest BCUT2D eigenvalue weighted by Gasteiger charge is -2.09. The molecule has 8 nitrogen and oxygen atoms in total. The van der Waals surface area contributed by atoms with E-state index in [4.69, 9.17) is 9.47 Å². The maximum absolute atomic E-state index is 11.3. The highest BCUT2D eigenvalue weighted by atomic mass is 16.5. The number of hydrogen-bond donors (Lipinski definition) is 3. The Morgan fingerprint density at radius 1 is 1.36 bits per heavy atom. The number of nitrogens with one attached hydrogen (secondary N) is 1. The van der Waals surface area contributed by atoms with Gasteiger partial charge in [-0.05, 0) is 23.8 Å². The Bertz CT molecular complexity index is 744. The fourth-order valence-corrected chi connectivity index (χ4v) is 2.12. The molecular weight excluding hydrogens is 326 g/mol. The van der Waals surface area contributed by atoms with Crippen LogP contribution in [-0.4, -0.2) is 52.6 Å². The molecule has 0 aliphatic rings. The summed E-state index contributed by atoms with van der Waals surface area (Å²) in [5.74, 6) is -0.558. The number of hydrogen-bond acceptors (Lipinski definition) is 6. The Morgan fingerprint density at radius 3 is 2.56 bits per heavy atom. The number of aliphatic imine (C=N–C) groups is 1. The molecule has 25 heavy (non-hydrogen) atoms. The largest absolute Gasteiger partial charge is 0.502 e. The molecule has 1 atom stereocenters. The van der Waals surface area contributed by atoms with Gasteiger partial charge >= 0.3 is 5.97 Å². The number of methoxy groups -OCH3 is 2. The smallest absolute Gasteiger partial charge is 0.328 e. The molecule has 132 valence electrons. The van der Waals surface area contributed by atoms with Crippen molar-refractivity contribution in [3.63, 3.8) is 0 Å². The van der Waals surface area contributed by atoms with Crippen LogP contribution < -0.4 is 9.47 Å². The number of benzene rings is 1. The first-order valence-electron chi connectivity index (χ1n) is 7.40. The zero-order valence-corrected chi connectivity index (χ0v) is 13.8. The van der Waals surface area contributed by atoms with Crippen LogP contribution >= 0.6 is 0 Å². The van der Waals surface area contributed by atoms with Gasteiger partial charge in [-0.15, -0.1) is 0 Å². The average Bonchev–Trinajstić information content (AvgIpc) is 3.11. The Labute approximate surface area is 144 Å². The minimum Gasteiger partial charge on any atom is -0.502 e. The number of rotatable bonds is 8. The van der Waals surface area contributed by atoms with Gasteiger partial charge < -0.3 is 24.7 Å². The van der Waals surface area contributed by atoms with Crippen LogP contribution in [0.2, 0.25) is 0 Å². The zero-order chi connectivity index (χ0) is 18.2. The number of phenolic OH excluding ortho intramolecular Hbond substituents is 1. The van der Waals surface area contributed by atoms with Crippen molar-refractivity contribution in [2.75, 3.05) is 14.2 Å². The van der Waals surface area contributed by atoms with Crippen LogP contribution in [0, 0.1) is 0 Å². The van der Waals surface area contributed by atoms with Crippen LogP contribution in [0.25, 0.3) is 6.08 Å². The van der Waals surface area contributed by atoms with Gasteiger partial charge in [0.05, 0.1) is 26.2 Å². The van der Waals surface area contributed by atoms with Crippen molar-refractivity contribution < 1.29 is 24.5 Å². The van der Waals surface area contributed by atoms with E-state index in [2.05, 4.69) is 15.0 Å². The topological polar surface area (TPSA) is 117 Å². The van der Waals surface area contributed by atoms with Gasteiger partial charge in [-0.1, -0.05) is 6.08 Å². The number of phenols is 1. The second-order valence-corrected chi connectivity index (χ2v) is 5.05. The number of aromatic amines is 1. The van der Waals surface area contributed by atoms with Gasteiger partial charge in [0.25, 0.3) is 0 Å². The molecule has 0 spiro atoms. The van der Waals surface area contributed by atoms with Gasteiger partial charge in [0.2, 0.25) is 5.75 Å². The van der Waals surface area contributed by atoms with Gasteiger partial charge in [-0.2, -0.15) is 0 Å². The lowest BCUT2D eigenvalue weighted by molar-refractivity contribution is -0.138. The highest BCUT2D eigenvalue weighted by Gasteiger charge is 2.16. The van der Waals surface area contributed by atoms with E-state index < -0.39 is 12.0 Å². The normalized spacial score (nSPS) is 12.6. The van der Waals surface area contributed by atoms with Crippen LogP contribution in [0.1, 0.15) is 11.3 Å². The van der Waals surface area contributed by atoms with E-state index in [1.807, 2.05) is 0 Å². The maximum atomic E-state index is 11.3. The van der Waals surface area contributed by atoms with Crippen molar-refractivity contribution in [1.82, 2.24) is 9.97 Å². The van der Waals surface area contributed by atoms with E-state index in [1.165, 1.54) is 26.8 Å². The number of imidazole rings is 1. The van der Waals surface area contributed by atoms with Crippen molar-refractivity contribution in [1.29, 1.82) is 0 Å². The molecule has 1 aromatic heterocycles. The van der Waals surface area contributed by atoms with Crippen molar-refractivity contribution >= 4 is 18.3 Å². The number of allylic oxidation sites excluding steroid dienone is 1. The lowest BCUT2D eigenvalue weighted by Crippen LogP contribution is -2.20. The van der Waals surface area contributed by atoms with Gasteiger partial charge in [-0.25, -0.2) is 9.78 Å². The molecule has 8 heteroatoms. The average molecular weight is 345 g/mol. The molecule has 1 unspecified atom stereocenters. The predicted molar refractivity (Wildman–Crippen MR) is 92.5 cm³/mol. The summed E-state index contributed by atoms with van der Waals surface area (Å²) < 4.78 is 10.2. The third kappa shape index (κ3) is 4.84. The van der Waals surface area contributed by atoms with Crippen LogP contribution in [0.5, 0.6) is 17.2 Å². The van der Waals surface area contributed by atoms with E-state index in [1.54, 1.807) is 30.5 Å². The van der Waals surface area contributed by atoms with Crippen molar-refractivity contribution in [2.45, 2.75) is 12.5 Å². The fourth-order valence-electron chi connectivity index (χ4n) is 2.12. The number of carboxylic acid groups (broad SMARTS) is 1. The first-order valence-corrected chi connectivity index (χ1v) is 7.40. The monoisotopic (exact) mass is 345 g/mol. The Balaban J connectivity index is 2.10. The molecule has 0 aliphatic carbocycles. The summed E-state index contributed by atoms with van der Waals surface area (Å²) in [6.45, 7) is 0. The highest BCUT2D eigenvalue weighted by molar-refractivity contribution is 5.82. The number of ether oxygens (including phenoxy) is 2. The number of aromatic hydroxyl groups is 1.